The summed E-state index contributed by atoms with van der Waals surface area (Å²) in [5, 5.41) is 8.37. The van der Waals surface area contributed by atoms with Crippen LogP contribution >= 0.6 is 11.8 Å². The Morgan fingerprint density at radius 3 is 2.69 bits per heavy atom. The van der Waals surface area contributed by atoms with Crippen LogP contribution in [0.1, 0.15) is 23.7 Å². The van der Waals surface area contributed by atoms with E-state index >= 15 is 0 Å². The molecule has 1 heterocycles. The molecule has 1 aliphatic heterocycles. The number of nitrogens with one attached hydrogen (secondary N) is 3. The van der Waals surface area contributed by atoms with Crippen LogP contribution in [0.4, 0.5) is 11.4 Å². The van der Waals surface area contributed by atoms with Gasteiger partial charge in [0, 0.05) is 11.3 Å². The van der Waals surface area contributed by atoms with Gasteiger partial charge in [-0.2, -0.15) is 11.8 Å². The molecule has 3 amide bonds. The molecule has 3 rings (SSSR count). The van der Waals surface area contributed by atoms with Gasteiger partial charge in [0.05, 0.1) is 5.69 Å². The van der Waals surface area contributed by atoms with E-state index in [9.17, 15) is 14.4 Å². The zero-order chi connectivity index (χ0) is 20.8. The zero-order valence-electron chi connectivity index (χ0n) is 16.2. The Morgan fingerprint density at radius 1 is 1.21 bits per heavy atom. The fourth-order valence-corrected chi connectivity index (χ4v) is 3.32. The van der Waals surface area contributed by atoms with Crippen molar-refractivity contribution in [2.75, 3.05) is 22.6 Å². The van der Waals surface area contributed by atoms with Crippen molar-refractivity contribution in [1.82, 2.24) is 5.32 Å². The summed E-state index contributed by atoms with van der Waals surface area (Å²) in [5.74, 6) is 0.408. The highest BCUT2D eigenvalue weighted by Crippen LogP contribution is 2.32. The highest BCUT2D eigenvalue weighted by Gasteiger charge is 2.25. The lowest BCUT2D eigenvalue weighted by atomic mass is 10.1. The van der Waals surface area contributed by atoms with Crippen molar-refractivity contribution in [3.05, 3.63) is 54.1 Å². The van der Waals surface area contributed by atoms with Gasteiger partial charge >= 0.3 is 0 Å². The summed E-state index contributed by atoms with van der Waals surface area (Å²) in [6.45, 7) is 1.67. The Kier molecular flexibility index (Phi) is 6.77. The number of hydrogen-bond donors (Lipinski definition) is 3. The van der Waals surface area contributed by atoms with Gasteiger partial charge < -0.3 is 20.7 Å². The smallest absolute Gasteiger partial charge is 0.265 e. The molecule has 2 aromatic rings. The molecule has 8 heteroatoms. The molecule has 0 aromatic heterocycles. The van der Waals surface area contributed by atoms with Gasteiger partial charge in [-0.1, -0.05) is 18.2 Å². The maximum absolute atomic E-state index is 12.8. The number of anilines is 2. The minimum Gasteiger partial charge on any atom is -0.479 e. The Bertz CT molecular complexity index is 904. The lowest BCUT2D eigenvalue weighted by Crippen LogP contribution is -2.44. The third kappa shape index (κ3) is 5.29. The largest absolute Gasteiger partial charge is 0.479 e. The van der Waals surface area contributed by atoms with Gasteiger partial charge in [-0.15, -0.1) is 0 Å². The van der Waals surface area contributed by atoms with Gasteiger partial charge in [-0.25, -0.2) is 0 Å². The van der Waals surface area contributed by atoms with Crippen molar-refractivity contribution in [3.8, 4) is 5.75 Å². The number of ether oxygens (including phenoxy) is 1. The van der Waals surface area contributed by atoms with E-state index in [0.29, 0.717) is 29.1 Å². The van der Waals surface area contributed by atoms with Crippen molar-refractivity contribution >= 4 is 40.9 Å². The number of rotatable bonds is 7. The van der Waals surface area contributed by atoms with Crippen molar-refractivity contribution in [3.63, 3.8) is 0 Å². The Labute approximate surface area is 173 Å². The minimum absolute atomic E-state index is 0.242. The first-order valence-electron chi connectivity index (χ1n) is 9.25. The van der Waals surface area contributed by atoms with E-state index in [1.54, 1.807) is 61.2 Å². The fourth-order valence-electron chi connectivity index (χ4n) is 2.85. The normalized spacial score (nSPS) is 16.1. The van der Waals surface area contributed by atoms with Gasteiger partial charge in [-0.3, -0.25) is 14.4 Å². The highest BCUT2D eigenvalue weighted by molar-refractivity contribution is 7.98. The third-order valence-corrected chi connectivity index (χ3v) is 5.09. The molecule has 0 spiro atoms. The van der Waals surface area contributed by atoms with Crippen LogP contribution in [0.15, 0.2) is 48.5 Å². The average Bonchev–Trinajstić information content (AvgIpc) is 2.72. The fraction of sp³-hybridized carbons (Fsp3) is 0.286. The molecule has 0 aliphatic carbocycles. The molecule has 0 bridgehead atoms. The van der Waals surface area contributed by atoms with Gasteiger partial charge in [0.15, 0.2) is 6.10 Å². The Hall–Kier alpha value is -3.00. The van der Waals surface area contributed by atoms with Crippen LogP contribution < -0.4 is 20.7 Å². The van der Waals surface area contributed by atoms with Crippen LogP contribution in [-0.2, 0) is 9.59 Å². The molecule has 29 heavy (non-hydrogen) atoms. The lowest BCUT2D eigenvalue weighted by molar-refractivity contribution is -0.122. The molecule has 2 aromatic carbocycles. The van der Waals surface area contributed by atoms with Crippen molar-refractivity contribution in [2.24, 2.45) is 0 Å². The molecule has 152 valence electrons. The Morgan fingerprint density at radius 2 is 1.97 bits per heavy atom. The third-order valence-electron chi connectivity index (χ3n) is 4.45. The number of hydrogen-bond acceptors (Lipinski definition) is 5. The predicted octanol–water partition coefficient (Wildman–Crippen LogP) is 2.90. The number of benzene rings is 2. The Balaban J connectivity index is 1.70. The molecular formula is C21H23N3O4S. The molecule has 0 radical (unpaired) electrons. The van der Waals surface area contributed by atoms with E-state index in [4.69, 9.17) is 4.74 Å². The second-order valence-corrected chi connectivity index (χ2v) is 7.61. The van der Waals surface area contributed by atoms with Gasteiger partial charge in [0.2, 0.25) is 5.91 Å². The summed E-state index contributed by atoms with van der Waals surface area (Å²) in [7, 11) is 0. The van der Waals surface area contributed by atoms with Gasteiger partial charge in [-0.05, 0) is 55.7 Å². The first-order chi connectivity index (χ1) is 14.0. The second-order valence-electron chi connectivity index (χ2n) is 6.62. The molecule has 0 fully saturated rings. The first kappa shape index (κ1) is 20.7. The number of thioether (sulfide) groups is 1. The van der Waals surface area contributed by atoms with Crippen LogP contribution in [-0.4, -0.2) is 41.9 Å². The van der Waals surface area contributed by atoms with E-state index in [-0.39, 0.29) is 17.7 Å². The molecule has 3 N–H and O–H groups in total. The topological polar surface area (TPSA) is 96.5 Å². The van der Waals surface area contributed by atoms with Crippen LogP contribution in [0.3, 0.4) is 0 Å². The lowest BCUT2D eigenvalue weighted by Gasteiger charge is -2.24. The number of carbonyl (C=O) groups is 3. The van der Waals surface area contributed by atoms with Crippen molar-refractivity contribution in [2.45, 2.75) is 25.5 Å². The van der Waals surface area contributed by atoms with E-state index < -0.39 is 12.1 Å². The SMILES string of the molecule is CSCC[C@@H](NC(=O)c1ccccc1)C(=O)Nc1ccc2c(c1)NC(=O)[C@@H](C)O2. The van der Waals surface area contributed by atoms with E-state index in [1.165, 1.54) is 0 Å². The summed E-state index contributed by atoms with van der Waals surface area (Å²) in [5.41, 5.74) is 1.51. The summed E-state index contributed by atoms with van der Waals surface area (Å²) < 4.78 is 5.52. The average molecular weight is 413 g/mol. The molecular weight excluding hydrogens is 390 g/mol. The monoisotopic (exact) mass is 413 g/mol. The van der Waals surface area contributed by atoms with Crippen LogP contribution in [0.25, 0.3) is 0 Å². The molecule has 7 nitrogen and oxygen atoms in total. The van der Waals surface area contributed by atoms with Crippen LogP contribution in [0.2, 0.25) is 0 Å². The quantitative estimate of drug-likeness (QED) is 0.649. The predicted molar refractivity (Wildman–Crippen MR) is 114 cm³/mol. The van der Waals surface area contributed by atoms with E-state index in [1.807, 2.05) is 12.3 Å². The first-order valence-corrected chi connectivity index (χ1v) is 10.6. The minimum atomic E-state index is -0.683. The van der Waals surface area contributed by atoms with E-state index in [0.717, 1.165) is 5.75 Å². The zero-order valence-corrected chi connectivity index (χ0v) is 17.0. The molecule has 1 aliphatic rings. The van der Waals surface area contributed by atoms with Crippen LogP contribution in [0, 0.1) is 0 Å². The van der Waals surface area contributed by atoms with Crippen molar-refractivity contribution in [1.29, 1.82) is 0 Å². The summed E-state index contributed by atoms with van der Waals surface area (Å²) >= 11 is 1.60. The highest BCUT2D eigenvalue weighted by atomic mass is 32.2. The summed E-state index contributed by atoms with van der Waals surface area (Å²) in [6, 6.07) is 13.1. The maximum atomic E-state index is 12.8. The maximum Gasteiger partial charge on any atom is 0.265 e. The summed E-state index contributed by atoms with van der Waals surface area (Å²) in [4.78, 5) is 37.1. The molecule has 2 atom stereocenters. The van der Waals surface area contributed by atoms with E-state index in [2.05, 4.69) is 16.0 Å². The number of carbonyl (C=O) groups excluding carboxylic acids is 3. The van der Waals surface area contributed by atoms with Gasteiger partial charge in [0.25, 0.3) is 11.8 Å². The standard InChI is InChI=1S/C21H23N3O4S/c1-13-19(25)24-17-12-15(8-9-18(17)28-13)22-21(27)16(10-11-29-2)23-20(26)14-6-4-3-5-7-14/h3-9,12-13,16H,10-11H2,1-2H3,(H,22,27)(H,23,26)(H,24,25)/t13-,16-/m1/s1. The molecule has 0 unspecified atom stereocenters. The van der Waals surface area contributed by atoms with Crippen LogP contribution in [0.5, 0.6) is 5.75 Å². The van der Waals surface area contributed by atoms with Gasteiger partial charge in [0.1, 0.15) is 11.8 Å². The number of fused-ring (bicyclic) bond motifs is 1. The number of amides is 3. The van der Waals surface area contributed by atoms with Crippen molar-refractivity contribution < 1.29 is 19.1 Å². The second kappa shape index (κ2) is 9.47. The molecule has 0 saturated heterocycles. The molecule has 0 saturated carbocycles. The summed E-state index contributed by atoms with van der Waals surface area (Å²) in [6.07, 6.45) is 1.88.